The largest absolute Gasteiger partial charge is 0.374 e. The first-order valence-corrected chi connectivity index (χ1v) is 6.55. The van der Waals surface area contributed by atoms with Crippen molar-refractivity contribution >= 4 is 5.91 Å². The van der Waals surface area contributed by atoms with Crippen molar-refractivity contribution < 1.29 is 9.53 Å². The lowest BCUT2D eigenvalue weighted by Crippen LogP contribution is -2.47. The lowest BCUT2D eigenvalue weighted by Gasteiger charge is -2.32. The van der Waals surface area contributed by atoms with E-state index in [0.29, 0.717) is 12.5 Å². The van der Waals surface area contributed by atoms with Gasteiger partial charge in [-0.25, -0.2) is 0 Å². The topological polar surface area (TPSA) is 53.6 Å². The summed E-state index contributed by atoms with van der Waals surface area (Å²) < 4.78 is 5.69. The standard InChI is InChI=1S/C12H23N3O2/c1-15(9-11-8-13-5-6-17-11)10-3-2-4-14-12(16)7-10/h10-11,13H,2-9H2,1H3,(H,14,16). The number of nitrogens with one attached hydrogen (secondary N) is 2. The number of nitrogens with zero attached hydrogens (tertiary/aromatic N) is 1. The van der Waals surface area contributed by atoms with Crippen LogP contribution in [0.2, 0.25) is 0 Å². The third-order valence-electron chi connectivity index (χ3n) is 3.58. The molecule has 0 radical (unpaired) electrons. The van der Waals surface area contributed by atoms with Gasteiger partial charge >= 0.3 is 0 Å². The molecule has 0 aromatic heterocycles. The molecule has 2 aliphatic heterocycles. The van der Waals surface area contributed by atoms with Gasteiger partial charge in [0.05, 0.1) is 12.7 Å². The van der Waals surface area contributed by atoms with Crippen LogP contribution in [0.3, 0.4) is 0 Å². The zero-order chi connectivity index (χ0) is 12.1. The number of amides is 1. The van der Waals surface area contributed by atoms with Gasteiger partial charge in [-0.3, -0.25) is 4.79 Å². The van der Waals surface area contributed by atoms with Crippen molar-refractivity contribution in [2.45, 2.75) is 31.4 Å². The second-order valence-corrected chi connectivity index (χ2v) is 4.99. The van der Waals surface area contributed by atoms with E-state index >= 15 is 0 Å². The summed E-state index contributed by atoms with van der Waals surface area (Å²) in [4.78, 5) is 13.8. The number of likely N-dealkylation sites (N-methyl/N-ethyl adjacent to an activating group) is 1. The summed E-state index contributed by atoms with van der Waals surface area (Å²) in [6, 6.07) is 0.364. The maximum Gasteiger partial charge on any atom is 0.221 e. The van der Waals surface area contributed by atoms with Crippen molar-refractivity contribution in [3.8, 4) is 0 Å². The van der Waals surface area contributed by atoms with Crippen molar-refractivity contribution in [2.24, 2.45) is 0 Å². The fraction of sp³-hybridized carbons (Fsp3) is 0.917. The van der Waals surface area contributed by atoms with E-state index < -0.39 is 0 Å². The minimum absolute atomic E-state index is 0.182. The van der Waals surface area contributed by atoms with Crippen LogP contribution in [0.5, 0.6) is 0 Å². The Bertz CT molecular complexity index is 254. The SMILES string of the molecule is CN(CC1CNCCO1)C1CCCNC(=O)C1. The molecule has 2 atom stereocenters. The molecule has 0 spiro atoms. The van der Waals surface area contributed by atoms with Crippen molar-refractivity contribution in [1.29, 1.82) is 0 Å². The molecule has 2 aliphatic rings. The summed E-state index contributed by atoms with van der Waals surface area (Å²) in [5.74, 6) is 0.182. The maximum atomic E-state index is 11.5. The Morgan fingerprint density at radius 1 is 1.47 bits per heavy atom. The first kappa shape index (κ1) is 12.8. The molecule has 5 heteroatoms. The van der Waals surface area contributed by atoms with Crippen LogP contribution >= 0.6 is 0 Å². The average Bonchev–Trinajstić information content (AvgIpc) is 2.55. The van der Waals surface area contributed by atoms with Gasteiger partial charge in [0.25, 0.3) is 0 Å². The second kappa shape index (κ2) is 6.33. The van der Waals surface area contributed by atoms with Gasteiger partial charge < -0.3 is 20.3 Å². The molecule has 0 aliphatic carbocycles. The van der Waals surface area contributed by atoms with E-state index in [0.717, 1.165) is 45.6 Å². The predicted octanol–water partition coefficient (Wildman–Crippen LogP) is -0.425. The molecule has 5 nitrogen and oxygen atoms in total. The van der Waals surface area contributed by atoms with E-state index in [-0.39, 0.29) is 12.0 Å². The average molecular weight is 241 g/mol. The van der Waals surface area contributed by atoms with Gasteiger partial charge in [-0.2, -0.15) is 0 Å². The van der Waals surface area contributed by atoms with Crippen LogP contribution < -0.4 is 10.6 Å². The van der Waals surface area contributed by atoms with Gasteiger partial charge in [0, 0.05) is 38.6 Å². The van der Waals surface area contributed by atoms with Crippen molar-refractivity contribution in [2.75, 3.05) is 39.8 Å². The van der Waals surface area contributed by atoms with Gasteiger partial charge in [-0.15, -0.1) is 0 Å². The number of carbonyl (C=O) groups excluding carboxylic acids is 1. The fourth-order valence-electron chi connectivity index (χ4n) is 2.54. The number of ether oxygens (including phenoxy) is 1. The van der Waals surface area contributed by atoms with Gasteiger partial charge in [0.15, 0.2) is 0 Å². The molecule has 17 heavy (non-hydrogen) atoms. The molecule has 2 fully saturated rings. The molecule has 0 bridgehead atoms. The van der Waals surface area contributed by atoms with Crippen molar-refractivity contribution in [3.05, 3.63) is 0 Å². The highest BCUT2D eigenvalue weighted by molar-refractivity contribution is 5.76. The Morgan fingerprint density at radius 3 is 3.12 bits per heavy atom. The molecule has 0 aromatic rings. The fourth-order valence-corrected chi connectivity index (χ4v) is 2.54. The van der Waals surface area contributed by atoms with Crippen LogP contribution in [0.4, 0.5) is 0 Å². The molecule has 2 unspecified atom stereocenters. The van der Waals surface area contributed by atoms with Crippen molar-refractivity contribution in [1.82, 2.24) is 15.5 Å². The molecular weight excluding hydrogens is 218 g/mol. The Balaban J connectivity index is 1.80. The Labute approximate surface area is 103 Å². The summed E-state index contributed by atoms with van der Waals surface area (Å²) in [6.45, 7) is 4.40. The number of hydrogen-bond acceptors (Lipinski definition) is 4. The summed E-state index contributed by atoms with van der Waals surface area (Å²) in [7, 11) is 2.10. The first-order chi connectivity index (χ1) is 8.25. The molecule has 2 rings (SSSR count). The number of hydrogen-bond donors (Lipinski definition) is 2. The van der Waals surface area contributed by atoms with Crippen LogP contribution in [-0.2, 0) is 9.53 Å². The van der Waals surface area contributed by atoms with Crippen LogP contribution in [0.1, 0.15) is 19.3 Å². The number of morpholine rings is 1. The molecule has 0 saturated carbocycles. The third kappa shape index (κ3) is 3.94. The van der Waals surface area contributed by atoms with Gasteiger partial charge in [0.2, 0.25) is 5.91 Å². The van der Waals surface area contributed by atoms with Crippen LogP contribution in [0.25, 0.3) is 0 Å². The highest BCUT2D eigenvalue weighted by atomic mass is 16.5. The van der Waals surface area contributed by atoms with E-state index in [1.807, 2.05) is 0 Å². The number of carbonyl (C=O) groups is 1. The van der Waals surface area contributed by atoms with Gasteiger partial charge in [-0.1, -0.05) is 0 Å². The van der Waals surface area contributed by atoms with Crippen LogP contribution in [-0.4, -0.2) is 62.8 Å². The summed E-state index contributed by atoms with van der Waals surface area (Å²) in [5.41, 5.74) is 0. The lowest BCUT2D eigenvalue weighted by atomic mass is 10.1. The monoisotopic (exact) mass is 241 g/mol. The first-order valence-electron chi connectivity index (χ1n) is 6.55. The maximum absolute atomic E-state index is 11.5. The summed E-state index contributed by atoms with van der Waals surface area (Å²) in [6.07, 6.45) is 3.05. The highest BCUT2D eigenvalue weighted by Gasteiger charge is 2.24. The molecule has 1 amide bonds. The minimum Gasteiger partial charge on any atom is -0.374 e. The smallest absolute Gasteiger partial charge is 0.221 e. The minimum atomic E-state index is 0.182. The molecule has 0 aromatic carbocycles. The highest BCUT2D eigenvalue weighted by Crippen LogP contribution is 2.13. The predicted molar refractivity (Wildman–Crippen MR) is 65.9 cm³/mol. The Hall–Kier alpha value is -0.650. The van der Waals surface area contributed by atoms with Crippen LogP contribution in [0.15, 0.2) is 0 Å². The molecular formula is C12H23N3O2. The molecule has 2 heterocycles. The second-order valence-electron chi connectivity index (χ2n) is 4.99. The Kier molecular flexibility index (Phi) is 4.76. The normalized spacial score (nSPS) is 31.1. The van der Waals surface area contributed by atoms with E-state index in [4.69, 9.17) is 4.74 Å². The van der Waals surface area contributed by atoms with E-state index in [1.165, 1.54) is 0 Å². The van der Waals surface area contributed by atoms with Gasteiger partial charge in [0.1, 0.15) is 0 Å². The van der Waals surface area contributed by atoms with Crippen LogP contribution in [0, 0.1) is 0 Å². The third-order valence-corrected chi connectivity index (χ3v) is 3.58. The molecule has 2 saturated heterocycles. The zero-order valence-corrected chi connectivity index (χ0v) is 10.6. The van der Waals surface area contributed by atoms with Crippen molar-refractivity contribution in [3.63, 3.8) is 0 Å². The molecule has 98 valence electrons. The number of rotatable bonds is 3. The lowest BCUT2D eigenvalue weighted by molar-refractivity contribution is -0.121. The van der Waals surface area contributed by atoms with Gasteiger partial charge in [-0.05, 0) is 19.9 Å². The summed E-state index contributed by atoms with van der Waals surface area (Å²) in [5, 5.41) is 6.26. The molecule has 2 N–H and O–H groups in total. The van der Waals surface area contributed by atoms with E-state index in [2.05, 4.69) is 22.6 Å². The summed E-state index contributed by atoms with van der Waals surface area (Å²) >= 11 is 0. The Morgan fingerprint density at radius 2 is 2.35 bits per heavy atom. The van der Waals surface area contributed by atoms with E-state index in [9.17, 15) is 4.79 Å². The quantitative estimate of drug-likeness (QED) is 0.704. The zero-order valence-electron chi connectivity index (χ0n) is 10.6. The van der Waals surface area contributed by atoms with E-state index in [1.54, 1.807) is 0 Å².